The molecule has 6 aromatic rings. The van der Waals surface area contributed by atoms with Gasteiger partial charge in [-0.3, -0.25) is 14.3 Å². The summed E-state index contributed by atoms with van der Waals surface area (Å²) in [6.45, 7) is 2.62. The van der Waals surface area contributed by atoms with Crippen LogP contribution in [-0.4, -0.2) is 38.8 Å². The molecule has 49 heavy (non-hydrogen) atoms. The molecule has 0 unspecified atom stereocenters. The Morgan fingerprint density at radius 3 is 1.47 bits per heavy atom. The summed E-state index contributed by atoms with van der Waals surface area (Å²) in [4.78, 5) is 11.3. The second-order valence-corrected chi connectivity index (χ2v) is 14.9. The Labute approximate surface area is 281 Å². The van der Waals surface area contributed by atoms with Gasteiger partial charge in [-0.2, -0.15) is 13.2 Å². The van der Waals surface area contributed by atoms with Crippen LogP contribution in [0.2, 0.25) is 0 Å². The third-order valence-corrected chi connectivity index (χ3v) is 10.5. The average molecular weight is 706 g/mol. The highest BCUT2D eigenvalue weighted by atomic mass is 32.2. The Balaban J connectivity index is 1.20. The van der Waals surface area contributed by atoms with Crippen LogP contribution in [-0.2, 0) is 39.3 Å². The lowest BCUT2D eigenvalue weighted by atomic mass is 10.1. The molecule has 0 saturated heterocycles. The van der Waals surface area contributed by atoms with Gasteiger partial charge in [-0.05, 0) is 74.6 Å². The van der Waals surface area contributed by atoms with Gasteiger partial charge in [0.15, 0.2) is 0 Å². The third-order valence-electron chi connectivity index (χ3n) is 7.73. The van der Waals surface area contributed by atoms with E-state index < -0.39 is 31.8 Å². The maximum Gasteiger partial charge on any atom is 0.416 e. The molecular weight excluding hydrogens is 676 g/mol. The summed E-state index contributed by atoms with van der Waals surface area (Å²) in [7, 11) is -6.20. The van der Waals surface area contributed by atoms with Crippen LogP contribution in [0.1, 0.15) is 22.5 Å². The number of alkyl halides is 3. The second kappa shape index (κ2) is 13.1. The molecule has 252 valence electrons. The summed E-state index contributed by atoms with van der Waals surface area (Å²) in [5, 5.41) is 1.42. The van der Waals surface area contributed by atoms with Crippen molar-refractivity contribution in [3.8, 4) is 0 Å². The second-order valence-electron chi connectivity index (χ2n) is 11.6. The summed E-state index contributed by atoms with van der Waals surface area (Å²) in [5.74, 6) is 0. The van der Waals surface area contributed by atoms with E-state index in [1.54, 1.807) is 48.5 Å². The number of halogens is 3. The van der Waals surface area contributed by atoms with Crippen LogP contribution in [0.25, 0.3) is 21.8 Å². The summed E-state index contributed by atoms with van der Waals surface area (Å²) < 4.78 is 96.4. The van der Waals surface area contributed by atoms with Crippen LogP contribution in [0, 0.1) is 6.92 Å². The van der Waals surface area contributed by atoms with Gasteiger partial charge in [0.05, 0.1) is 49.2 Å². The van der Waals surface area contributed by atoms with Gasteiger partial charge in [-0.1, -0.05) is 54.1 Å². The van der Waals surface area contributed by atoms with Gasteiger partial charge in [-0.15, -0.1) is 0 Å². The Bertz CT molecular complexity index is 2390. The summed E-state index contributed by atoms with van der Waals surface area (Å²) in [6, 6.07) is 27.4. The minimum absolute atomic E-state index is 0.143. The highest BCUT2D eigenvalue weighted by Crippen LogP contribution is 2.31. The van der Waals surface area contributed by atoms with Crippen molar-refractivity contribution in [1.29, 1.82) is 0 Å². The van der Waals surface area contributed by atoms with Crippen molar-refractivity contribution in [1.82, 2.24) is 14.9 Å². The fourth-order valence-corrected chi connectivity index (χ4v) is 7.41. The van der Waals surface area contributed by atoms with E-state index in [4.69, 9.17) is 9.97 Å². The van der Waals surface area contributed by atoms with E-state index in [1.807, 2.05) is 49.2 Å². The first-order valence-electron chi connectivity index (χ1n) is 14.9. The van der Waals surface area contributed by atoms with Gasteiger partial charge in [0.1, 0.15) is 0 Å². The predicted molar refractivity (Wildman–Crippen MR) is 183 cm³/mol. The molecule has 2 N–H and O–H groups in total. The number of fused-ring (bicyclic) bond motifs is 2. The Kier molecular flexibility index (Phi) is 9.05. The van der Waals surface area contributed by atoms with Crippen molar-refractivity contribution in [2.24, 2.45) is 0 Å². The first-order chi connectivity index (χ1) is 23.2. The number of aromatic nitrogens is 2. The number of para-hydroxylation sites is 2. The van der Waals surface area contributed by atoms with Crippen LogP contribution < -0.4 is 9.44 Å². The highest BCUT2D eigenvalue weighted by molar-refractivity contribution is 7.93. The largest absolute Gasteiger partial charge is 0.416 e. The molecule has 0 bridgehead atoms. The van der Waals surface area contributed by atoms with Crippen LogP contribution in [0.15, 0.2) is 119 Å². The zero-order valence-electron chi connectivity index (χ0n) is 26.2. The summed E-state index contributed by atoms with van der Waals surface area (Å²) in [6.07, 6.45) is -4.59. The average Bonchev–Trinajstić information content (AvgIpc) is 3.05. The minimum atomic E-state index is -4.59. The number of pyridine rings is 2. The molecule has 0 fully saturated rings. The Morgan fingerprint density at radius 1 is 0.612 bits per heavy atom. The fourth-order valence-electron chi connectivity index (χ4n) is 5.27. The van der Waals surface area contributed by atoms with Gasteiger partial charge in [-0.25, -0.2) is 26.8 Å². The van der Waals surface area contributed by atoms with E-state index in [-0.39, 0.29) is 15.5 Å². The maximum atomic E-state index is 13.1. The highest BCUT2D eigenvalue weighted by Gasteiger charge is 2.30. The number of hydrogen-bond acceptors (Lipinski definition) is 7. The number of aryl methyl sites for hydroxylation is 1. The normalized spacial score (nSPS) is 12.4. The molecule has 0 atom stereocenters. The molecule has 9 nitrogen and oxygen atoms in total. The Morgan fingerprint density at radius 2 is 1.04 bits per heavy atom. The number of rotatable bonds is 10. The molecule has 0 aliphatic carbocycles. The Hall–Kier alpha value is -5.05. The zero-order chi connectivity index (χ0) is 35.0. The van der Waals surface area contributed by atoms with Crippen LogP contribution in [0.4, 0.5) is 24.5 Å². The molecule has 0 spiro atoms. The van der Waals surface area contributed by atoms with Gasteiger partial charge in [0.2, 0.25) is 0 Å². The van der Waals surface area contributed by atoms with Crippen molar-refractivity contribution < 1.29 is 30.0 Å². The van der Waals surface area contributed by atoms with E-state index in [9.17, 15) is 30.0 Å². The fraction of sp³-hybridized carbons (Fsp3) is 0.143. The molecule has 4 aromatic carbocycles. The third kappa shape index (κ3) is 7.66. The number of nitrogens with zero attached hydrogens (tertiary/aromatic N) is 3. The van der Waals surface area contributed by atoms with Gasteiger partial charge in [0, 0.05) is 23.9 Å². The number of hydrogen-bond donors (Lipinski definition) is 2. The van der Waals surface area contributed by atoms with E-state index in [0.29, 0.717) is 46.6 Å². The van der Waals surface area contributed by atoms with Crippen molar-refractivity contribution in [2.75, 3.05) is 16.5 Å². The van der Waals surface area contributed by atoms with Crippen LogP contribution in [0.5, 0.6) is 0 Å². The number of benzene rings is 4. The topological polar surface area (TPSA) is 121 Å². The lowest BCUT2D eigenvalue weighted by molar-refractivity contribution is -0.137. The molecule has 0 aliphatic heterocycles. The first kappa shape index (κ1) is 33.8. The minimum Gasteiger partial charge on any atom is -0.295 e. The lowest BCUT2D eigenvalue weighted by Crippen LogP contribution is -2.19. The van der Waals surface area contributed by atoms with Crippen molar-refractivity contribution in [3.63, 3.8) is 0 Å². The first-order valence-corrected chi connectivity index (χ1v) is 17.9. The number of nitrogens with one attached hydrogen (secondary N) is 2. The number of sulfonamides is 2. The predicted octanol–water partition coefficient (Wildman–Crippen LogP) is 7.34. The molecule has 6 rings (SSSR count). The van der Waals surface area contributed by atoms with Crippen molar-refractivity contribution in [2.45, 2.75) is 36.0 Å². The van der Waals surface area contributed by atoms with Crippen LogP contribution >= 0.6 is 0 Å². The molecule has 0 saturated carbocycles. The molecule has 0 amide bonds. The van der Waals surface area contributed by atoms with Gasteiger partial charge >= 0.3 is 6.18 Å². The molecule has 2 aromatic heterocycles. The van der Waals surface area contributed by atoms with E-state index in [1.165, 1.54) is 6.07 Å². The molecule has 0 radical (unpaired) electrons. The molecular formula is C35H30F3N5O4S2. The van der Waals surface area contributed by atoms with E-state index in [0.717, 1.165) is 35.2 Å². The van der Waals surface area contributed by atoms with E-state index >= 15 is 0 Å². The van der Waals surface area contributed by atoms with Crippen LogP contribution in [0.3, 0.4) is 0 Å². The summed E-state index contributed by atoms with van der Waals surface area (Å²) in [5.41, 5.74) is 2.71. The smallest absolute Gasteiger partial charge is 0.295 e. The monoisotopic (exact) mass is 705 g/mol. The quantitative estimate of drug-likeness (QED) is 0.153. The molecule has 2 heterocycles. The maximum absolute atomic E-state index is 13.1. The summed E-state index contributed by atoms with van der Waals surface area (Å²) >= 11 is 0. The molecule has 0 aliphatic rings. The standard InChI is InChI=1S/C35H30F3N5O4S2/c1-23-9-17-29(18-10-23)48(44,45)41-31-7-3-5-24-11-15-27(39-33(24)31)21-43(2)22-28-16-12-25-6-4-8-32(34(25)40-28)42-49(46,47)30-19-13-26(14-20-30)35(36,37)38/h3-20,41-42H,21-22H2,1-2H3. The van der Waals surface area contributed by atoms with E-state index in [2.05, 4.69) is 9.44 Å². The zero-order valence-corrected chi connectivity index (χ0v) is 27.9. The van der Waals surface area contributed by atoms with Gasteiger partial charge < -0.3 is 0 Å². The number of anilines is 2. The van der Waals surface area contributed by atoms with Crippen molar-refractivity contribution in [3.05, 3.63) is 132 Å². The lowest BCUT2D eigenvalue weighted by Gasteiger charge is -2.18. The SMILES string of the molecule is Cc1ccc(S(=O)(=O)Nc2cccc3ccc(CN(C)Cc4ccc5cccc(NS(=O)(=O)c6ccc(C(F)(F)F)cc6)c5n4)nc23)cc1. The molecule has 14 heteroatoms. The van der Waals surface area contributed by atoms with Gasteiger partial charge in [0.25, 0.3) is 20.0 Å². The van der Waals surface area contributed by atoms with Crippen molar-refractivity contribution >= 4 is 53.2 Å².